The molecule has 7 heteroatoms. The summed E-state index contributed by atoms with van der Waals surface area (Å²) in [5.74, 6) is -0.512. The lowest BCUT2D eigenvalue weighted by atomic mass is 10.2. The molecule has 0 unspecified atom stereocenters. The Labute approximate surface area is 86.9 Å². The molecular formula is C8H10FNO4S. The van der Waals surface area contributed by atoms with E-state index in [1.807, 2.05) is 0 Å². The molecule has 0 bridgehead atoms. The summed E-state index contributed by atoms with van der Waals surface area (Å²) in [6.45, 7) is -0.254. The van der Waals surface area contributed by atoms with Gasteiger partial charge in [-0.25, -0.2) is 9.53 Å². The molecule has 0 aliphatic rings. The molecule has 1 aromatic rings. The molecule has 0 heterocycles. The summed E-state index contributed by atoms with van der Waals surface area (Å²) in [5, 5.41) is 4.63. The van der Waals surface area contributed by atoms with Gasteiger partial charge in [0, 0.05) is 0 Å². The zero-order valence-electron chi connectivity index (χ0n) is 7.94. The molecule has 0 aliphatic carbocycles. The highest BCUT2D eigenvalue weighted by molar-refractivity contribution is 7.84. The fraction of sp³-hybridized carbons (Fsp3) is 0.250. The van der Waals surface area contributed by atoms with Crippen LogP contribution in [-0.2, 0) is 21.1 Å². The fourth-order valence-electron chi connectivity index (χ4n) is 0.944. The molecule has 0 fully saturated rings. The maximum absolute atomic E-state index is 12.9. The normalized spacial score (nSPS) is 11.4. The molecule has 0 aliphatic heterocycles. The number of methoxy groups -OCH3 is 1. The minimum atomic E-state index is -3.99. The van der Waals surface area contributed by atoms with E-state index in [0.717, 1.165) is 6.07 Å². The number of hydrogen-bond donors (Lipinski definition) is 1. The van der Waals surface area contributed by atoms with Crippen LogP contribution in [0.4, 0.5) is 4.39 Å². The van der Waals surface area contributed by atoms with Gasteiger partial charge in [-0.2, -0.15) is 8.42 Å². The van der Waals surface area contributed by atoms with Crippen molar-refractivity contribution in [1.29, 1.82) is 0 Å². The first-order chi connectivity index (χ1) is 6.92. The summed E-state index contributed by atoms with van der Waals surface area (Å²) in [6.07, 6.45) is 0. The highest BCUT2D eigenvalue weighted by atomic mass is 32.2. The van der Waals surface area contributed by atoms with Gasteiger partial charge >= 0.3 is 10.3 Å². The van der Waals surface area contributed by atoms with Crippen molar-refractivity contribution in [2.24, 2.45) is 5.14 Å². The van der Waals surface area contributed by atoms with Gasteiger partial charge in [0.25, 0.3) is 0 Å². The molecule has 84 valence electrons. The second kappa shape index (κ2) is 4.56. The zero-order chi connectivity index (χ0) is 11.5. The van der Waals surface area contributed by atoms with Crippen LogP contribution < -0.4 is 9.88 Å². The van der Waals surface area contributed by atoms with Crippen LogP contribution in [0.5, 0.6) is 5.75 Å². The van der Waals surface area contributed by atoms with Crippen LogP contribution in [0.1, 0.15) is 5.56 Å². The maximum atomic E-state index is 12.9. The van der Waals surface area contributed by atoms with Crippen molar-refractivity contribution in [3.05, 3.63) is 29.6 Å². The lowest BCUT2D eigenvalue weighted by Crippen LogP contribution is -2.15. The van der Waals surface area contributed by atoms with Gasteiger partial charge < -0.3 is 4.74 Å². The van der Waals surface area contributed by atoms with Crippen molar-refractivity contribution in [3.8, 4) is 5.75 Å². The number of benzene rings is 1. The molecule has 0 spiro atoms. The van der Waals surface area contributed by atoms with Gasteiger partial charge in [-0.05, 0) is 17.7 Å². The predicted octanol–water partition coefficient (Wildman–Crippen LogP) is 0.554. The summed E-state index contributed by atoms with van der Waals surface area (Å²) in [7, 11) is -2.68. The Morgan fingerprint density at radius 2 is 2.13 bits per heavy atom. The molecule has 1 aromatic carbocycles. The van der Waals surface area contributed by atoms with Crippen molar-refractivity contribution >= 4 is 10.3 Å². The Morgan fingerprint density at radius 3 is 2.67 bits per heavy atom. The monoisotopic (exact) mass is 235 g/mol. The number of halogens is 1. The largest absolute Gasteiger partial charge is 0.494 e. The highest BCUT2D eigenvalue weighted by Gasteiger charge is 2.06. The first-order valence-corrected chi connectivity index (χ1v) is 5.39. The molecule has 0 radical (unpaired) electrons. The standard InChI is InChI=1S/C8H10FNO4S/c1-13-8-4-6(2-3-7(8)9)5-14-15(10,11)12/h2-4H,5H2,1H3,(H2,10,11,12). The van der Waals surface area contributed by atoms with E-state index in [1.165, 1.54) is 19.2 Å². The average Bonchev–Trinajstić information content (AvgIpc) is 2.15. The van der Waals surface area contributed by atoms with Gasteiger partial charge in [-0.3, -0.25) is 4.18 Å². The molecule has 0 atom stereocenters. The van der Waals surface area contributed by atoms with Gasteiger partial charge in [0.1, 0.15) is 0 Å². The van der Waals surface area contributed by atoms with Gasteiger partial charge in [0.2, 0.25) is 0 Å². The van der Waals surface area contributed by atoms with Gasteiger partial charge in [0.05, 0.1) is 13.7 Å². The summed E-state index contributed by atoms with van der Waals surface area (Å²) < 4.78 is 42.9. The van der Waals surface area contributed by atoms with Crippen molar-refractivity contribution in [3.63, 3.8) is 0 Å². The van der Waals surface area contributed by atoms with E-state index < -0.39 is 16.1 Å². The van der Waals surface area contributed by atoms with Crippen LogP contribution in [0.3, 0.4) is 0 Å². The van der Waals surface area contributed by atoms with Gasteiger partial charge in [0.15, 0.2) is 11.6 Å². The second-order valence-electron chi connectivity index (χ2n) is 2.72. The van der Waals surface area contributed by atoms with E-state index in [2.05, 4.69) is 9.32 Å². The fourth-order valence-corrected chi connectivity index (χ4v) is 1.24. The Bertz CT molecular complexity index is 446. The van der Waals surface area contributed by atoms with Crippen LogP contribution >= 0.6 is 0 Å². The van der Waals surface area contributed by atoms with Crippen LogP contribution in [-0.4, -0.2) is 15.5 Å². The topological polar surface area (TPSA) is 78.6 Å². The van der Waals surface area contributed by atoms with Crippen molar-refractivity contribution in [2.45, 2.75) is 6.61 Å². The third-order valence-electron chi connectivity index (χ3n) is 1.61. The number of nitrogens with two attached hydrogens (primary N) is 1. The lowest BCUT2D eigenvalue weighted by Gasteiger charge is -2.05. The Morgan fingerprint density at radius 1 is 1.47 bits per heavy atom. The number of rotatable bonds is 4. The average molecular weight is 235 g/mol. The van der Waals surface area contributed by atoms with E-state index in [-0.39, 0.29) is 12.4 Å². The zero-order valence-corrected chi connectivity index (χ0v) is 8.75. The maximum Gasteiger partial charge on any atom is 0.333 e. The highest BCUT2D eigenvalue weighted by Crippen LogP contribution is 2.18. The second-order valence-corrected chi connectivity index (χ2v) is 3.95. The van der Waals surface area contributed by atoms with Crippen molar-refractivity contribution in [1.82, 2.24) is 0 Å². The molecule has 15 heavy (non-hydrogen) atoms. The molecular weight excluding hydrogens is 225 g/mol. The number of hydrogen-bond acceptors (Lipinski definition) is 4. The Hall–Kier alpha value is -1.18. The Kier molecular flexibility index (Phi) is 3.61. The third kappa shape index (κ3) is 3.82. The van der Waals surface area contributed by atoms with E-state index in [4.69, 9.17) is 4.74 Å². The molecule has 5 nitrogen and oxygen atoms in total. The lowest BCUT2D eigenvalue weighted by molar-refractivity contribution is 0.307. The van der Waals surface area contributed by atoms with E-state index >= 15 is 0 Å². The minimum absolute atomic E-state index is 0.0190. The first-order valence-electron chi connectivity index (χ1n) is 3.92. The summed E-state index contributed by atoms with van der Waals surface area (Å²) in [6, 6.07) is 3.87. The molecule has 0 aromatic heterocycles. The van der Waals surface area contributed by atoms with Crippen molar-refractivity contribution < 1.29 is 21.7 Å². The first kappa shape index (κ1) is 11.9. The molecule has 0 saturated heterocycles. The molecule has 1 rings (SSSR count). The predicted molar refractivity (Wildman–Crippen MR) is 50.8 cm³/mol. The Balaban J connectivity index is 2.79. The van der Waals surface area contributed by atoms with Crippen LogP contribution in [0.2, 0.25) is 0 Å². The van der Waals surface area contributed by atoms with E-state index in [1.54, 1.807) is 0 Å². The van der Waals surface area contributed by atoms with Crippen LogP contribution in [0.25, 0.3) is 0 Å². The molecule has 0 amide bonds. The van der Waals surface area contributed by atoms with E-state index in [9.17, 15) is 12.8 Å². The summed E-state index contributed by atoms with van der Waals surface area (Å²) in [4.78, 5) is 0. The summed E-state index contributed by atoms with van der Waals surface area (Å²) >= 11 is 0. The third-order valence-corrected chi connectivity index (χ3v) is 2.05. The summed E-state index contributed by atoms with van der Waals surface area (Å²) in [5.41, 5.74) is 0.447. The van der Waals surface area contributed by atoms with E-state index in [0.29, 0.717) is 5.56 Å². The van der Waals surface area contributed by atoms with Crippen LogP contribution in [0.15, 0.2) is 18.2 Å². The van der Waals surface area contributed by atoms with Crippen molar-refractivity contribution in [2.75, 3.05) is 7.11 Å². The van der Waals surface area contributed by atoms with Crippen LogP contribution in [0, 0.1) is 5.82 Å². The SMILES string of the molecule is COc1cc(COS(N)(=O)=O)ccc1F. The smallest absolute Gasteiger partial charge is 0.333 e. The minimum Gasteiger partial charge on any atom is -0.494 e. The van der Waals surface area contributed by atoms with Gasteiger partial charge in [-0.15, -0.1) is 0 Å². The molecule has 2 N–H and O–H groups in total. The quantitative estimate of drug-likeness (QED) is 0.826. The number of ether oxygens (including phenoxy) is 1. The van der Waals surface area contributed by atoms with Gasteiger partial charge in [-0.1, -0.05) is 6.07 Å². The molecule has 0 saturated carbocycles.